The summed E-state index contributed by atoms with van der Waals surface area (Å²) in [6, 6.07) is 4.16. The van der Waals surface area contributed by atoms with Gasteiger partial charge in [0.2, 0.25) is 0 Å². The molecule has 0 aromatic heterocycles. The number of anilines is 1. The largest absolute Gasteiger partial charge is 0.369 e. The van der Waals surface area contributed by atoms with Crippen molar-refractivity contribution in [2.24, 2.45) is 0 Å². The van der Waals surface area contributed by atoms with Crippen LogP contribution in [0.1, 0.15) is 19.8 Å². The molecule has 0 bridgehead atoms. The fourth-order valence-electron chi connectivity index (χ4n) is 1.87. The summed E-state index contributed by atoms with van der Waals surface area (Å²) in [5.41, 5.74) is 0.422. The van der Waals surface area contributed by atoms with E-state index in [0.29, 0.717) is 11.7 Å². The third kappa shape index (κ3) is 2.13. The summed E-state index contributed by atoms with van der Waals surface area (Å²) in [6.07, 6.45) is 2.16. The molecule has 0 aliphatic heterocycles. The van der Waals surface area contributed by atoms with Crippen molar-refractivity contribution >= 4 is 11.4 Å². The van der Waals surface area contributed by atoms with Crippen LogP contribution >= 0.6 is 0 Å². The molecule has 0 radical (unpaired) electrons. The lowest BCUT2D eigenvalue weighted by atomic mass is 10.2. The Morgan fingerprint density at radius 3 is 2.69 bits per heavy atom. The van der Waals surface area contributed by atoms with Crippen LogP contribution in [0, 0.1) is 15.9 Å². The van der Waals surface area contributed by atoms with Crippen molar-refractivity contribution in [1.82, 2.24) is 0 Å². The molecule has 1 aromatic rings. The van der Waals surface area contributed by atoms with E-state index in [4.69, 9.17) is 0 Å². The van der Waals surface area contributed by atoms with Gasteiger partial charge in [0, 0.05) is 24.3 Å². The monoisotopic (exact) mass is 224 g/mol. The van der Waals surface area contributed by atoms with Crippen molar-refractivity contribution in [3.05, 3.63) is 34.1 Å². The second-order valence-electron chi connectivity index (χ2n) is 3.94. The van der Waals surface area contributed by atoms with E-state index in [1.165, 1.54) is 12.1 Å². The van der Waals surface area contributed by atoms with Crippen LogP contribution in [0.25, 0.3) is 0 Å². The maximum Gasteiger partial charge on any atom is 0.274 e. The van der Waals surface area contributed by atoms with Crippen molar-refractivity contribution in [1.29, 1.82) is 0 Å². The molecule has 1 saturated carbocycles. The Morgan fingerprint density at radius 1 is 1.50 bits per heavy atom. The first-order valence-electron chi connectivity index (χ1n) is 5.33. The van der Waals surface area contributed by atoms with Gasteiger partial charge in [0.1, 0.15) is 5.82 Å². The summed E-state index contributed by atoms with van der Waals surface area (Å²) in [5, 5.41) is 10.6. The Balaban J connectivity index is 2.35. The van der Waals surface area contributed by atoms with Gasteiger partial charge < -0.3 is 4.90 Å². The quantitative estimate of drug-likeness (QED) is 0.583. The van der Waals surface area contributed by atoms with Crippen LogP contribution in [0.15, 0.2) is 18.2 Å². The van der Waals surface area contributed by atoms with Gasteiger partial charge in [0.05, 0.1) is 11.0 Å². The van der Waals surface area contributed by atoms with Gasteiger partial charge in [-0.25, -0.2) is 4.39 Å². The molecule has 0 amide bonds. The van der Waals surface area contributed by atoms with Gasteiger partial charge in [-0.3, -0.25) is 10.1 Å². The van der Waals surface area contributed by atoms with Crippen LogP contribution in [0.2, 0.25) is 0 Å². The number of halogens is 1. The fraction of sp³-hybridized carbons (Fsp3) is 0.455. The molecule has 0 N–H and O–H groups in total. The van der Waals surface area contributed by atoms with Gasteiger partial charge in [-0.05, 0) is 25.8 Å². The molecule has 1 aromatic carbocycles. The molecule has 1 aliphatic rings. The van der Waals surface area contributed by atoms with E-state index in [1.807, 2.05) is 11.8 Å². The van der Waals surface area contributed by atoms with Crippen LogP contribution in [-0.4, -0.2) is 17.5 Å². The molecule has 5 heteroatoms. The predicted molar refractivity (Wildman–Crippen MR) is 59.1 cm³/mol. The van der Waals surface area contributed by atoms with E-state index in [0.717, 1.165) is 25.5 Å². The van der Waals surface area contributed by atoms with Crippen molar-refractivity contribution in [3.63, 3.8) is 0 Å². The van der Waals surface area contributed by atoms with E-state index in [2.05, 4.69) is 0 Å². The number of hydrogen-bond donors (Lipinski definition) is 0. The van der Waals surface area contributed by atoms with Crippen molar-refractivity contribution in [3.8, 4) is 0 Å². The summed E-state index contributed by atoms with van der Waals surface area (Å²) >= 11 is 0. The zero-order chi connectivity index (χ0) is 11.7. The first-order valence-corrected chi connectivity index (χ1v) is 5.33. The van der Waals surface area contributed by atoms with Crippen LogP contribution in [0.5, 0.6) is 0 Å². The number of nitrogens with zero attached hydrogens (tertiary/aromatic N) is 2. The first-order chi connectivity index (χ1) is 7.61. The highest BCUT2D eigenvalue weighted by atomic mass is 19.1. The highest BCUT2D eigenvalue weighted by Crippen LogP contribution is 2.33. The lowest BCUT2D eigenvalue weighted by Crippen LogP contribution is -2.25. The lowest BCUT2D eigenvalue weighted by Gasteiger charge is -2.22. The normalized spacial score (nSPS) is 14.9. The third-order valence-corrected chi connectivity index (χ3v) is 2.74. The molecule has 4 nitrogen and oxygen atoms in total. The Hall–Kier alpha value is -1.65. The van der Waals surface area contributed by atoms with Gasteiger partial charge in [0.15, 0.2) is 0 Å². The number of non-ortho nitro benzene ring substituents is 1. The molecule has 0 spiro atoms. The highest BCUT2D eigenvalue weighted by Gasteiger charge is 2.29. The van der Waals surface area contributed by atoms with Gasteiger partial charge in [0.25, 0.3) is 5.69 Å². The molecule has 2 rings (SSSR count). The molecule has 0 heterocycles. The molecule has 1 fully saturated rings. The Bertz CT molecular complexity index is 418. The van der Waals surface area contributed by atoms with E-state index in [9.17, 15) is 14.5 Å². The molecule has 86 valence electrons. The summed E-state index contributed by atoms with van der Waals surface area (Å²) in [7, 11) is 0. The van der Waals surface area contributed by atoms with Crippen molar-refractivity contribution in [2.75, 3.05) is 11.4 Å². The average molecular weight is 224 g/mol. The summed E-state index contributed by atoms with van der Waals surface area (Å²) < 4.78 is 13.2. The smallest absolute Gasteiger partial charge is 0.274 e. The minimum absolute atomic E-state index is 0.186. The third-order valence-electron chi connectivity index (χ3n) is 2.74. The molecule has 16 heavy (non-hydrogen) atoms. The number of hydrogen-bond acceptors (Lipinski definition) is 3. The van der Waals surface area contributed by atoms with Gasteiger partial charge >= 0.3 is 0 Å². The molecule has 0 saturated heterocycles. The molecular weight excluding hydrogens is 211 g/mol. The van der Waals surface area contributed by atoms with E-state index in [1.54, 1.807) is 0 Å². The van der Waals surface area contributed by atoms with Crippen LogP contribution in [-0.2, 0) is 0 Å². The highest BCUT2D eigenvalue weighted by molar-refractivity contribution is 5.55. The van der Waals surface area contributed by atoms with Crippen LogP contribution in [0.4, 0.5) is 15.8 Å². The second kappa shape index (κ2) is 4.08. The minimum atomic E-state index is -0.562. The number of nitro benzene ring substituents is 1. The van der Waals surface area contributed by atoms with E-state index in [-0.39, 0.29) is 5.69 Å². The Kier molecular flexibility index (Phi) is 2.77. The fourth-order valence-corrected chi connectivity index (χ4v) is 1.87. The topological polar surface area (TPSA) is 46.4 Å². The molecule has 0 unspecified atom stereocenters. The SMILES string of the molecule is CCN(c1cc(F)cc([N+](=O)[O-])c1)C1CC1. The predicted octanol–water partition coefficient (Wildman–Crippen LogP) is 2.72. The number of nitro groups is 1. The van der Waals surface area contributed by atoms with Crippen LogP contribution < -0.4 is 4.90 Å². The van der Waals surface area contributed by atoms with Crippen LogP contribution in [0.3, 0.4) is 0 Å². The zero-order valence-electron chi connectivity index (χ0n) is 9.02. The molecule has 1 aliphatic carbocycles. The van der Waals surface area contributed by atoms with Crippen molar-refractivity contribution in [2.45, 2.75) is 25.8 Å². The van der Waals surface area contributed by atoms with Gasteiger partial charge in [-0.1, -0.05) is 0 Å². The number of rotatable bonds is 4. The van der Waals surface area contributed by atoms with E-state index < -0.39 is 10.7 Å². The van der Waals surface area contributed by atoms with Gasteiger partial charge in [-0.15, -0.1) is 0 Å². The molecular formula is C11H13FN2O2. The lowest BCUT2D eigenvalue weighted by molar-refractivity contribution is -0.385. The first kappa shape index (κ1) is 10.9. The average Bonchev–Trinajstić information content (AvgIpc) is 3.02. The standard InChI is InChI=1S/C11H13FN2O2/c1-2-13(9-3-4-9)10-5-8(12)6-11(7-10)14(15)16/h5-7,9H,2-4H2,1H3. The minimum Gasteiger partial charge on any atom is -0.369 e. The Morgan fingerprint density at radius 2 is 2.19 bits per heavy atom. The maximum absolute atomic E-state index is 13.2. The van der Waals surface area contributed by atoms with E-state index >= 15 is 0 Å². The summed E-state index contributed by atoms with van der Waals surface area (Å²) in [5.74, 6) is -0.552. The summed E-state index contributed by atoms with van der Waals surface area (Å²) in [4.78, 5) is 12.1. The Labute approximate surface area is 92.8 Å². The zero-order valence-corrected chi connectivity index (χ0v) is 9.02. The van der Waals surface area contributed by atoms with Gasteiger partial charge in [-0.2, -0.15) is 0 Å². The number of benzene rings is 1. The second-order valence-corrected chi connectivity index (χ2v) is 3.94. The summed E-state index contributed by atoms with van der Waals surface area (Å²) in [6.45, 7) is 2.71. The maximum atomic E-state index is 13.2. The van der Waals surface area contributed by atoms with Crippen molar-refractivity contribution < 1.29 is 9.31 Å². The molecule has 0 atom stereocenters.